The molecule has 1 aromatic carbocycles. The largest absolute Gasteiger partial charge is 0.328 e. The lowest BCUT2D eigenvalue weighted by atomic mass is 10.1. The van der Waals surface area contributed by atoms with E-state index < -0.39 is 0 Å². The van der Waals surface area contributed by atoms with E-state index in [2.05, 4.69) is 41.8 Å². The third kappa shape index (κ3) is 2.34. The molecule has 0 atom stereocenters. The van der Waals surface area contributed by atoms with Gasteiger partial charge in [-0.3, -0.25) is 0 Å². The molecule has 3 heteroatoms. The SMILES string of the molecule is Cc1ccc(-c2nc(CCC#N)c3n2CCCC3)cc1. The summed E-state index contributed by atoms with van der Waals surface area (Å²) < 4.78 is 2.36. The Labute approximate surface area is 119 Å². The van der Waals surface area contributed by atoms with Gasteiger partial charge in [0.15, 0.2) is 0 Å². The molecule has 0 saturated heterocycles. The number of fused-ring (bicyclic) bond motifs is 1. The first-order chi connectivity index (χ1) is 9.79. The van der Waals surface area contributed by atoms with E-state index in [9.17, 15) is 0 Å². The molecule has 0 N–H and O–H groups in total. The number of imidazole rings is 1. The summed E-state index contributed by atoms with van der Waals surface area (Å²) in [5.41, 5.74) is 4.93. The molecule has 0 bridgehead atoms. The van der Waals surface area contributed by atoms with Crippen LogP contribution in [0.25, 0.3) is 11.4 Å². The lowest BCUT2D eigenvalue weighted by Gasteiger charge is -2.17. The van der Waals surface area contributed by atoms with Gasteiger partial charge < -0.3 is 4.57 Å². The Morgan fingerprint density at radius 2 is 2.05 bits per heavy atom. The normalized spacial score (nSPS) is 13.8. The van der Waals surface area contributed by atoms with Crippen LogP contribution in [-0.2, 0) is 19.4 Å². The number of nitriles is 1. The van der Waals surface area contributed by atoms with Crippen molar-refractivity contribution in [3.05, 3.63) is 41.2 Å². The molecule has 0 unspecified atom stereocenters. The third-order valence-electron chi connectivity index (χ3n) is 3.98. The second-order valence-corrected chi connectivity index (χ2v) is 5.46. The molecular formula is C17H19N3. The van der Waals surface area contributed by atoms with Crippen molar-refractivity contribution in [2.45, 2.75) is 45.6 Å². The predicted octanol–water partition coefficient (Wildman–Crippen LogP) is 3.65. The Morgan fingerprint density at radius 3 is 2.80 bits per heavy atom. The van der Waals surface area contributed by atoms with Crippen molar-refractivity contribution in [1.82, 2.24) is 9.55 Å². The van der Waals surface area contributed by atoms with E-state index in [1.165, 1.54) is 29.7 Å². The zero-order valence-corrected chi connectivity index (χ0v) is 11.9. The van der Waals surface area contributed by atoms with Gasteiger partial charge in [0.2, 0.25) is 0 Å². The van der Waals surface area contributed by atoms with Crippen LogP contribution in [-0.4, -0.2) is 9.55 Å². The third-order valence-corrected chi connectivity index (χ3v) is 3.98. The van der Waals surface area contributed by atoms with Crippen LogP contribution in [0, 0.1) is 18.3 Å². The van der Waals surface area contributed by atoms with Gasteiger partial charge in [0, 0.05) is 30.6 Å². The average Bonchev–Trinajstić information content (AvgIpc) is 2.85. The zero-order chi connectivity index (χ0) is 13.9. The summed E-state index contributed by atoms with van der Waals surface area (Å²) in [7, 11) is 0. The van der Waals surface area contributed by atoms with Crippen molar-refractivity contribution in [1.29, 1.82) is 5.26 Å². The second-order valence-electron chi connectivity index (χ2n) is 5.46. The summed E-state index contributed by atoms with van der Waals surface area (Å²) >= 11 is 0. The van der Waals surface area contributed by atoms with E-state index in [1.807, 2.05) is 0 Å². The Morgan fingerprint density at radius 1 is 1.25 bits per heavy atom. The van der Waals surface area contributed by atoms with Gasteiger partial charge in [-0.05, 0) is 26.2 Å². The lowest BCUT2D eigenvalue weighted by molar-refractivity contribution is 0.533. The molecule has 102 valence electrons. The Bertz CT molecular complexity index is 644. The first-order valence-electron chi connectivity index (χ1n) is 7.32. The van der Waals surface area contributed by atoms with Gasteiger partial charge in [-0.2, -0.15) is 5.26 Å². The van der Waals surface area contributed by atoms with Crippen LogP contribution in [0.4, 0.5) is 0 Å². The number of aromatic nitrogens is 2. The molecular weight excluding hydrogens is 246 g/mol. The second kappa shape index (κ2) is 5.50. The standard InChI is InChI=1S/C17H19N3/c1-13-7-9-14(10-8-13)17-19-15(5-4-11-18)16-6-2-3-12-20(16)17/h7-10H,2-6,12H2,1H3. The van der Waals surface area contributed by atoms with E-state index in [1.54, 1.807) is 0 Å². The summed E-state index contributed by atoms with van der Waals surface area (Å²) in [6.45, 7) is 3.15. The van der Waals surface area contributed by atoms with E-state index in [4.69, 9.17) is 10.2 Å². The van der Waals surface area contributed by atoms with Crippen LogP contribution < -0.4 is 0 Å². The number of hydrogen-bond acceptors (Lipinski definition) is 2. The van der Waals surface area contributed by atoms with E-state index in [0.717, 1.165) is 30.9 Å². The molecule has 0 radical (unpaired) electrons. The summed E-state index contributed by atoms with van der Waals surface area (Å²) in [5, 5.41) is 8.80. The lowest BCUT2D eigenvalue weighted by Crippen LogP contribution is -2.12. The summed E-state index contributed by atoms with van der Waals surface area (Å²) in [6, 6.07) is 10.8. The summed E-state index contributed by atoms with van der Waals surface area (Å²) in [6.07, 6.45) is 4.88. The van der Waals surface area contributed by atoms with E-state index >= 15 is 0 Å². The quantitative estimate of drug-likeness (QED) is 0.850. The number of aryl methyl sites for hydroxylation is 2. The van der Waals surface area contributed by atoms with Crippen molar-refractivity contribution < 1.29 is 0 Å². The van der Waals surface area contributed by atoms with E-state index in [-0.39, 0.29) is 0 Å². The van der Waals surface area contributed by atoms with E-state index in [0.29, 0.717) is 6.42 Å². The zero-order valence-electron chi connectivity index (χ0n) is 11.9. The molecule has 0 aliphatic carbocycles. The number of hydrogen-bond donors (Lipinski definition) is 0. The highest BCUT2D eigenvalue weighted by atomic mass is 15.1. The topological polar surface area (TPSA) is 41.6 Å². The van der Waals surface area contributed by atoms with Crippen LogP contribution in [0.15, 0.2) is 24.3 Å². The fourth-order valence-electron chi connectivity index (χ4n) is 2.92. The molecule has 3 rings (SSSR count). The molecule has 0 spiro atoms. The van der Waals surface area contributed by atoms with Crippen molar-refractivity contribution >= 4 is 0 Å². The van der Waals surface area contributed by atoms with Crippen LogP contribution in [0.1, 0.15) is 36.2 Å². The van der Waals surface area contributed by atoms with Gasteiger partial charge >= 0.3 is 0 Å². The monoisotopic (exact) mass is 265 g/mol. The molecule has 1 aliphatic heterocycles. The molecule has 2 aromatic rings. The molecule has 0 amide bonds. The molecule has 0 saturated carbocycles. The van der Waals surface area contributed by atoms with Gasteiger partial charge in [-0.1, -0.05) is 29.8 Å². The molecule has 1 aliphatic rings. The van der Waals surface area contributed by atoms with Gasteiger partial charge in [0.1, 0.15) is 5.82 Å². The minimum Gasteiger partial charge on any atom is -0.328 e. The van der Waals surface area contributed by atoms with Crippen molar-refractivity contribution in [3.63, 3.8) is 0 Å². The minimum atomic E-state index is 0.553. The number of rotatable bonds is 3. The predicted molar refractivity (Wildman–Crippen MR) is 79.3 cm³/mol. The highest BCUT2D eigenvalue weighted by Crippen LogP contribution is 2.28. The van der Waals surface area contributed by atoms with Crippen molar-refractivity contribution in [2.75, 3.05) is 0 Å². The maximum Gasteiger partial charge on any atom is 0.140 e. The van der Waals surface area contributed by atoms with Crippen LogP contribution in [0.5, 0.6) is 0 Å². The molecule has 2 heterocycles. The maximum atomic E-state index is 8.80. The number of benzene rings is 1. The molecule has 20 heavy (non-hydrogen) atoms. The summed E-state index contributed by atoms with van der Waals surface area (Å²) in [5.74, 6) is 1.08. The van der Waals surface area contributed by atoms with Gasteiger partial charge in [-0.25, -0.2) is 4.98 Å². The maximum absolute atomic E-state index is 8.80. The van der Waals surface area contributed by atoms with Crippen LogP contribution in [0.2, 0.25) is 0 Å². The summed E-state index contributed by atoms with van der Waals surface area (Å²) in [4.78, 5) is 4.84. The molecule has 1 aromatic heterocycles. The smallest absolute Gasteiger partial charge is 0.140 e. The molecule has 3 nitrogen and oxygen atoms in total. The Hall–Kier alpha value is -2.08. The van der Waals surface area contributed by atoms with Gasteiger partial charge in [-0.15, -0.1) is 0 Å². The Balaban J connectivity index is 2.04. The van der Waals surface area contributed by atoms with Crippen molar-refractivity contribution in [2.24, 2.45) is 0 Å². The minimum absolute atomic E-state index is 0.553. The average molecular weight is 265 g/mol. The highest BCUT2D eigenvalue weighted by Gasteiger charge is 2.20. The fourth-order valence-corrected chi connectivity index (χ4v) is 2.92. The highest BCUT2D eigenvalue weighted by molar-refractivity contribution is 5.57. The van der Waals surface area contributed by atoms with Gasteiger partial charge in [0.05, 0.1) is 11.8 Å². The van der Waals surface area contributed by atoms with Crippen molar-refractivity contribution in [3.8, 4) is 17.5 Å². The van der Waals surface area contributed by atoms with Crippen LogP contribution >= 0.6 is 0 Å². The van der Waals surface area contributed by atoms with Crippen LogP contribution in [0.3, 0.4) is 0 Å². The first-order valence-corrected chi connectivity index (χ1v) is 7.32. The molecule has 0 fully saturated rings. The Kier molecular flexibility index (Phi) is 3.56. The van der Waals surface area contributed by atoms with Gasteiger partial charge in [0.25, 0.3) is 0 Å². The first kappa shape index (κ1) is 12.9. The fraction of sp³-hybridized carbons (Fsp3) is 0.412. The number of nitrogens with zero attached hydrogens (tertiary/aromatic N) is 3.